The Bertz CT molecular complexity index is 146. The summed E-state index contributed by atoms with van der Waals surface area (Å²) in [5.41, 5.74) is 0. The topological polar surface area (TPSA) is 41.5 Å². The third-order valence-corrected chi connectivity index (χ3v) is 3.08. The van der Waals surface area contributed by atoms with E-state index in [1.807, 2.05) is 0 Å². The van der Waals surface area contributed by atoms with Crippen LogP contribution in [0.1, 0.15) is 26.7 Å². The average molecular weight is 201 g/mol. The molecular weight excluding hydrogens is 178 g/mol. The number of rotatable bonds is 6. The molecule has 0 amide bonds. The molecule has 1 heterocycles. The van der Waals surface area contributed by atoms with Gasteiger partial charge in [0.1, 0.15) is 0 Å². The Morgan fingerprint density at radius 1 is 1.50 bits per heavy atom. The molecule has 3 heteroatoms. The standard InChI is InChI=1S/C11H23NO2/c1-9(3-5-13)7-12-10(2)11-4-6-14-8-11/h9-13H,3-8H2,1-2H3. The van der Waals surface area contributed by atoms with Gasteiger partial charge in [-0.2, -0.15) is 0 Å². The van der Waals surface area contributed by atoms with E-state index in [2.05, 4.69) is 19.2 Å². The first kappa shape index (κ1) is 12.0. The summed E-state index contributed by atoms with van der Waals surface area (Å²) in [6.45, 7) is 7.51. The summed E-state index contributed by atoms with van der Waals surface area (Å²) < 4.78 is 5.35. The molecule has 2 N–H and O–H groups in total. The maximum Gasteiger partial charge on any atom is 0.0509 e. The van der Waals surface area contributed by atoms with E-state index in [1.54, 1.807) is 0 Å². The van der Waals surface area contributed by atoms with Gasteiger partial charge in [-0.1, -0.05) is 6.92 Å². The van der Waals surface area contributed by atoms with Crippen LogP contribution in [-0.2, 0) is 4.74 Å². The van der Waals surface area contributed by atoms with Crippen LogP contribution in [0, 0.1) is 11.8 Å². The van der Waals surface area contributed by atoms with Gasteiger partial charge in [0.05, 0.1) is 6.61 Å². The minimum absolute atomic E-state index is 0.295. The van der Waals surface area contributed by atoms with Crippen molar-refractivity contribution < 1.29 is 9.84 Å². The van der Waals surface area contributed by atoms with Crippen LogP contribution in [-0.4, -0.2) is 37.5 Å². The van der Waals surface area contributed by atoms with Crippen molar-refractivity contribution in [3.05, 3.63) is 0 Å². The summed E-state index contributed by atoms with van der Waals surface area (Å²) in [5, 5.41) is 12.3. The molecule has 1 aliphatic rings. The Morgan fingerprint density at radius 3 is 2.86 bits per heavy atom. The second-order valence-electron chi connectivity index (χ2n) is 4.44. The lowest BCUT2D eigenvalue weighted by molar-refractivity contribution is 0.177. The van der Waals surface area contributed by atoms with E-state index in [1.165, 1.54) is 6.42 Å². The van der Waals surface area contributed by atoms with Gasteiger partial charge >= 0.3 is 0 Å². The normalized spacial score (nSPS) is 26.4. The molecule has 1 aliphatic heterocycles. The molecule has 3 atom stereocenters. The smallest absolute Gasteiger partial charge is 0.0509 e. The minimum Gasteiger partial charge on any atom is -0.396 e. The molecule has 3 unspecified atom stereocenters. The molecule has 14 heavy (non-hydrogen) atoms. The number of ether oxygens (including phenoxy) is 1. The van der Waals surface area contributed by atoms with Crippen molar-refractivity contribution in [2.75, 3.05) is 26.4 Å². The maximum atomic E-state index is 8.77. The predicted octanol–water partition coefficient (Wildman–Crippen LogP) is 1.02. The summed E-state index contributed by atoms with van der Waals surface area (Å²) in [6, 6.07) is 0.540. The minimum atomic E-state index is 0.295. The van der Waals surface area contributed by atoms with Crippen LogP contribution >= 0.6 is 0 Å². The van der Waals surface area contributed by atoms with Gasteiger partial charge in [-0.05, 0) is 38.1 Å². The van der Waals surface area contributed by atoms with Crippen LogP contribution in [0.15, 0.2) is 0 Å². The van der Waals surface area contributed by atoms with Crippen molar-refractivity contribution in [1.82, 2.24) is 5.32 Å². The van der Waals surface area contributed by atoms with E-state index in [9.17, 15) is 0 Å². The lowest BCUT2D eigenvalue weighted by Gasteiger charge is -2.21. The highest BCUT2D eigenvalue weighted by atomic mass is 16.5. The van der Waals surface area contributed by atoms with Gasteiger partial charge in [-0.3, -0.25) is 0 Å². The second kappa shape index (κ2) is 6.38. The fourth-order valence-electron chi connectivity index (χ4n) is 1.82. The van der Waals surface area contributed by atoms with Gasteiger partial charge in [-0.25, -0.2) is 0 Å². The lowest BCUT2D eigenvalue weighted by atomic mass is 10.00. The third-order valence-electron chi connectivity index (χ3n) is 3.08. The molecule has 0 aromatic rings. The van der Waals surface area contributed by atoms with E-state index in [0.29, 0.717) is 24.5 Å². The van der Waals surface area contributed by atoms with Crippen LogP contribution in [0.3, 0.4) is 0 Å². The average Bonchev–Trinajstić information content (AvgIpc) is 2.67. The molecular formula is C11H23NO2. The highest BCUT2D eigenvalue weighted by Crippen LogP contribution is 2.16. The zero-order valence-electron chi connectivity index (χ0n) is 9.33. The molecule has 0 aliphatic carbocycles. The maximum absolute atomic E-state index is 8.77. The Morgan fingerprint density at radius 2 is 2.29 bits per heavy atom. The second-order valence-corrected chi connectivity index (χ2v) is 4.44. The van der Waals surface area contributed by atoms with Crippen molar-refractivity contribution in [3.63, 3.8) is 0 Å². The fraction of sp³-hybridized carbons (Fsp3) is 1.00. The molecule has 0 saturated carbocycles. The number of aliphatic hydroxyl groups is 1. The van der Waals surface area contributed by atoms with Crippen molar-refractivity contribution in [1.29, 1.82) is 0 Å². The SMILES string of the molecule is CC(CCO)CNC(C)C1CCOC1. The van der Waals surface area contributed by atoms with Gasteiger partial charge < -0.3 is 15.2 Å². The zero-order chi connectivity index (χ0) is 10.4. The molecule has 84 valence electrons. The van der Waals surface area contributed by atoms with Crippen molar-refractivity contribution in [2.45, 2.75) is 32.7 Å². The molecule has 0 radical (unpaired) electrons. The highest BCUT2D eigenvalue weighted by molar-refractivity contribution is 4.76. The number of hydrogen-bond acceptors (Lipinski definition) is 3. The molecule has 1 saturated heterocycles. The van der Waals surface area contributed by atoms with E-state index in [0.717, 1.165) is 26.2 Å². The molecule has 1 rings (SSSR count). The molecule has 0 aromatic heterocycles. The first-order valence-electron chi connectivity index (χ1n) is 5.66. The summed E-state index contributed by atoms with van der Waals surface area (Å²) in [4.78, 5) is 0. The van der Waals surface area contributed by atoms with Gasteiger partial charge in [-0.15, -0.1) is 0 Å². The van der Waals surface area contributed by atoms with Gasteiger partial charge in [0.15, 0.2) is 0 Å². The Kier molecular flexibility index (Phi) is 5.45. The van der Waals surface area contributed by atoms with Crippen LogP contribution in [0.5, 0.6) is 0 Å². The Balaban J connectivity index is 2.10. The summed E-state index contributed by atoms with van der Waals surface area (Å²) in [7, 11) is 0. The molecule has 0 bridgehead atoms. The van der Waals surface area contributed by atoms with Gasteiger partial charge in [0.25, 0.3) is 0 Å². The van der Waals surface area contributed by atoms with E-state index in [4.69, 9.17) is 9.84 Å². The number of aliphatic hydroxyl groups excluding tert-OH is 1. The number of nitrogens with one attached hydrogen (secondary N) is 1. The van der Waals surface area contributed by atoms with Crippen LogP contribution < -0.4 is 5.32 Å². The van der Waals surface area contributed by atoms with Crippen LogP contribution in [0.25, 0.3) is 0 Å². The fourth-order valence-corrected chi connectivity index (χ4v) is 1.82. The number of hydrogen-bond donors (Lipinski definition) is 2. The molecule has 0 spiro atoms. The third kappa shape index (κ3) is 3.95. The van der Waals surface area contributed by atoms with Crippen molar-refractivity contribution in [3.8, 4) is 0 Å². The van der Waals surface area contributed by atoms with Crippen LogP contribution in [0.4, 0.5) is 0 Å². The van der Waals surface area contributed by atoms with Gasteiger partial charge in [0.2, 0.25) is 0 Å². The Labute approximate surface area is 86.8 Å². The van der Waals surface area contributed by atoms with E-state index in [-0.39, 0.29) is 0 Å². The summed E-state index contributed by atoms with van der Waals surface area (Å²) >= 11 is 0. The lowest BCUT2D eigenvalue weighted by Crippen LogP contribution is -2.36. The van der Waals surface area contributed by atoms with E-state index < -0.39 is 0 Å². The van der Waals surface area contributed by atoms with Crippen molar-refractivity contribution >= 4 is 0 Å². The largest absolute Gasteiger partial charge is 0.396 e. The van der Waals surface area contributed by atoms with Crippen LogP contribution in [0.2, 0.25) is 0 Å². The van der Waals surface area contributed by atoms with Crippen molar-refractivity contribution in [2.24, 2.45) is 11.8 Å². The predicted molar refractivity (Wildman–Crippen MR) is 57.3 cm³/mol. The Hall–Kier alpha value is -0.120. The molecule has 1 fully saturated rings. The first-order valence-corrected chi connectivity index (χ1v) is 5.66. The zero-order valence-corrected chi connectivity index (χ0v) is 9.33. The summed E-state index contributed by atoms with van der Waals surface area (Å²) in [5.74, 6) is 1.24. The van der Waals surface area contributed by atoms with E-state index >= 15 is 0 Å². The van der Waals surface area contributed by atoms with Gasteiger partial charge in [0, 0.05) is 19.3 Å². The summed E-state index contributed by atoms with van der Waals surface area (Å²) in [6.07, 6.45) is 2.07. The molecule has 3 nitrogen and oxygen atoms in total. The molecule has 0 aromatic carbocycles. The quantitative estimate of drug-likeness (QED) is 0.674. The monoisotopic (exact) mass is 201 g/mol. The first-order chi connectivity index (χ1) is 6.74. The highest BCUT2D eigenvalue weighted by Gasteiger charge is 2.21.